The molecule has 0 saturated heterocycles. The van der Waals surface area contributed by atoms with E-state index in [0.29, 0.717) is 6.42 Å². The molecule has 0 fully saturated rings. The average Bonchev–Trinajstić information content (AvgIpc) is 2.64. The second-order valence-corrected chi connectivity index (χ2v) is 4.22. The molecule has 1 aromatic heterocycles. The summed E-state index contributed by atoms with van der Waals surface area (Å²) in [5.41, 5.74) is 0. The van der Waals surface area contributed by atoms with E-state index in [4.69, 9.17) is 0 Å². The third-order valence-corrected chi connectivity index (χ3v) is 3.19. The number of aliphatic hydroxyl groups excluding tert-OH is 1. The van der Waals surface area contributed by atoms with Gasteiger partial charge in [0.1, 0.15) is 0 Å². The van der Waals surface area contributed by atoms with E-state index in [0.717, 1.165) is 11.3 Å². The Balaban J connectivity index is 2.55. The first-order chi connectivity index (χ1) is 6.67. The molecule has 78 valence electrons. The smallest absolute Gasteiger partial charge is 0.335 e. The number of hydrogen-bond acceptors (Lipinski definition) is 4. The van der Waals surface area contributed by atoms with Crippen LogP contribution in [0, 0.1) is 0 Å². The molecule has 1 N–H and O–H groups in total. The highest BCUT2D eigenvalue weighted by molar-refractivity contribution is 7.12. The third kappa shape index (κ3) is 2.82. The Morgan fingerprint density at radius 1 is 1.57 bits per heavy atom. The number of aliphatic hydroxyl groups is 1. The lowest BCUT2D eigenvalue weighted by Gasteiger charge is -2.05. The molecular weight excluding hydrogens is 200 g/mol. The van der Waals surface area contributed by atoms with Gasteiger partial charge in [0.2, 0.25) is 0 Å². The Hall–Kier alpha value is -0.870. The van der Waals surface area contributed by atoms with Crippen LogP contribution in [0.2, 0.25) is 0 Å². The van der Waals surface area contributed by atoms with Gasteiger partial charge in [-0.15, -0.1) is 11.3 Å². The lowest BCUT2D eigenvalue weighted by atomic mass is 10.2. The normalized spacial score (nSPS) is 12.5. The summed E-state index contributed by atoms with van der Waals surface area (Å²) < 4.78 is 4.43. The van der Waals surface area contributed by atoms with Gasteiger partial charge in [-0.25, -0.2) is 4.79 Å². The molecule has 0 saturated carbocycles. The Labute approximate surface area is 87.3 Å². The fraction of sp³-hybridized carbons (Fsp3) is 0.500. The second-order valence-electron chi connectivity index (χ2n) is 2.96. The summed E-state index contributed by atoms with van der Waals surface area (Å²) >= 11 is 1.62. The van der Waals surface area contributed by atoms with Gasteiger partial charge < -0.3 is 9.84 Å². The predicted molar refractivity (Wildman–Crippen MR) is 55.4 cm³/mol. The monoisotopic (exact) mass is 214 g/mol. The van der Waals surface area contributed by atoms with Crippen LogP contribution in [0.5, 0.6) is 0 Å². The summed E-state index contributed by atoms with van der Waals surface area (Å²) in [6, 6.07) is 3.96. The maximum atomic E-state index is 10.9. The fourth-order valence-corrected chi connectivity index (χ4v) is 2.13. The molecule has 0 aliphatic carbocycles. The van der Waals surface area contributed by atoms with Gasteiger partial charge in [-0.1, -0.05) is 6.92 Å². The molecule has 0 aromatic carbocycles. The van der Waals surface area contributed by atoms with E-state index in [1.54, 1.807) is 11.3 Å². The van der Waals surface area contributed by atoms with E-state index >= 15 is 0 Å². The zero-order chi connectivity index (χ0) is 10.6. The first-order valence-electron chi connectivity index (χ1n) is 4.50. The molecule has 1 rings (SSSR count). The summed E-state index contributed by atoms with van der Waals surface area (Å²) in [7, 11) is 1.28. The highest BCUT2D eigenvalue weighted by Gasteiger charge is 2.16. The number of methoxy groups -OCH3 is 1. The van der Waals surface area contributed by atoms with E-state index in [2.05, 4.69) is 11.7 Å². The van der Waals surface area contributed by atoms with Crippen LogP contribution in [0.15, 0.2) is 12.1 Å². The number of ether oxygens (including phenoxy) is 1. The van der Waals surface area contributed by atoms with Crippen LogP contribution < -0.4 is 0 Å². The SMILES string of the molecule is CCc1ccc(CC(O)C(=O)OC)s1. The van der Waals surface area contributed by atoms with Gasteiger partial charge >= 0.3 is 5.97 Å². The number of rotatable bonds is 4. The van der Waals surface area contributed by atoms with Crippen LogP contribution >= 0.6 is 11.3 Å². The van der Waals surface area contributed by atoms with E-state index in [9.17, 15) is 9.90 Å². The molecule has 0 aliphatic rings. The molecule has 0 radical (unpaired) electrons. The van der Waals surface area contributed by atoms with Gasteiger partial charge in [-0.05, 0) is 18.6 Å². The van der Waals surface area contributed by atoms with Crippen molar-refractivity contribution in [2.75, 3.05) is 7.11 Å². The summed E-state index contributed by atoms with van der Waals surface area (Å²) in [5, 5.41) is 9.39. The minimum atomic E-state index is -1.04. The van der Waals surface area contributed by atoms with Crippen LogP contribution in [-0.2, 0) is 22.4 Å². The zero-order valence-corrected chi connectivity index (χ0v) is 9.13. The highest BCUT2D eigenvalue weighted by Crippen LogP contribution is 2.18. The largest absolute Gasteiger partial charge is 0.467 e. The van der Waals surface area contributed by atoms with Crippen LogP contribution in [0.25, 0.3) is 0 Å². The van der Waals surface area contributed by atoms with E-state index < -0.39 is 12.1 Å². The lowest BCUT2D eigenvalue weighted by molar-refractivity contribution is -0.150. The maximum absolute atomic E-state index is 10.9. The Kier molecular flexibility index (Phi) is 4.10. The van der Waals surface area contributed by atoms with Crippen LogP contribution in [0.3, 0.4) is 0 Å². The van der Waals surface area contributed by atoms with Crippen molar-refractivity contribution in [3.8, 4) is 0 Å². The molecule has 14 heavy (non-hydrogen) atoms. The summed E-state index contributed by atoms with van der Waals surface area (Å²) in [6.45, 7) is 2.08. The van der Waals surface area contributed by atoms with Crippen molar-refractivity contribution in [3.63, 3.8) is 0 Å². The fourth-order valence-electron chi connectivity index (χ4n) is 1.13. The van der Waals surface area contributed by atoms with Gasteiger partial charge in [0, 0.05) is 16.2 Å². The Morgan fingerprint density at radius 2 is 2.21 bits per heavy atom. The first-order valence-corrected chi connectivity index (χ1v) is 5.32. The van der Waals surface area contributed by atoms with Crippen molar-refractivity contribution in [3.05, 3.63) is 21.9 Å². The number of carbonyl (C=O) groups is 1. The lowest BCUT2D eigenvalue weighted by Crippen LogP contribution is -2.23. The van der Waals surface area contributed by atoms with Crippen molar-refractivity contribution in [2.24, 2.45) is 0 Å². The second kappa shape index (κ2) is 5.12. The average molecular weight is 214 g/mol. The summed E-state index contributed by atoms with van der Waals surface area (Å²) in [6.07, 6.45) is 0.291. The van der Waals surface area contributed by atoms with Crippen LogP contribution in [0.1, 0.15) is 16.7 Å². The van der Waals surface area contributed by atoms with Gasteiger partial charge in [0.25, 0.3) is 0 Å². The number of thiophene rings is 1. The summed E-state index contributed by atoms with van der Waals surface area (Å²) in [4.78, 5) is 13.2. The van der Waals surface area contributed by atoms with Crippen molar-refractivity contribution < 1.29 is 14.6 Å². The summed E-state index contributed by atoms with van der Waals surface area (Å²) in [5.74, 6) is -0.573. The van der Waals surface area contributed by atoms with Crippen molar-refractivity contribution in [1.82, 2.24) is 0 Å². The maximum Gasteiger partial charge on any atom is 0.335 e. The quantitative estimate of drug-likeness (QED) is 0.770. The molecule has 3 nitrogen and oxygen atoms in total. The topological polar surface area (TPSA) is 46.5 Å². The van der Waals surface area contributed by atoms with Crippen molar-refractivity contribution >= 4 is 17.3 Å². The molecule has 0 spiro atoms. The number of esters is 1. The molecule has 1 aromatic rings. The minimum Gasteiger partial charge on any atom is -0.467 e. The molecule has 1 atom stereocenters. The molecule has 1 unspecified atom stereocenters. The van der Waals surface area contributed by atoms with Gasteiger partial charge in [-0.3, -0.25) is 0 Å². The van der Waals surface area contributed by atoms with E-state index in [1.165, 1.54) is 12.0 Å². The number of aryl methyl sites for hydroxylation is 1. The molecule has 4 heteroatoms. The molecule has 1 heterocycles. The van der Waals surface area contributed by atoms with Crippen molar-refractivity contribution in [1.29, 1.82) is 0 Å². The van der Waals surface area contributed by atoms with Gasteiger partial charge in [0.05, 0.1) is 7.11 Å². The highest BCUT2D eigenvalue weighted by atomic mass is 32.1. The van der Waals surface area contributed by atoms with E-state index in [1.807, 2.05) is 12.1 Å². The molecule has 0 amide bonds. The number of hydrogen-bond donors (Lipinski definition) is 1. The molecule has 0 bridgehead atoms. The first kappa shape index (κ1) is 11.2. The Morgan fingerprint density at radius 3 is 2.71 bits per heavy atom. The minimum absolute atomic E-state index is 0.345. The van der Waals surface area contributed by atoms with E-state index in [-0.39, 0.29) is 0 Å². The van der Waals surface area contributed by atoms with Gasteiger partial charge in [-0.2, -0.15) is 0 Å². The number of carbonyl (C=O) groups excluding carboxylic acids is 1. The van der Waals surface area contributed by atoms with Crippen LogP contribution in [-0.4, -0.2) is 24.3 Å². The molecular formula is C10H14O3S. The Bertz CT molecular complexity index is 306. The standard InChI is InChI=1S/C10H14O3S/c1-3-7-4-5-8(14-7)6-9(11)10(12)13-2/h4-5,9,11H,3,6H2,1-2H3. The van der Waals surface area contributed by atoms with Crippen LogP contribution in [0.4, 0.5) is 0 Å². The third-order valence-electron chi connectivity index (χ3n) is 1.93. The van der Waals surface area contributed by atoms with Gasteiger partial charge in [0.15, 0.2) is 6.10 Å². The predicted octanol–water partition coefficient (Wildman–Crippen LogP) is 1.39. The van der Waals surface area contributed by atoms with Crippen molar-refractivity contribution in [2.45, 2.75) is 25.9 Å². The zero-order valence-electron chi connectivity index (χ0n) is 8.32. The molecule has 0 aliphatic heterocycles.